The highest BCUT2D eigenvalue weighted by Crippen LogP contribution is 2.41. The molecule has 2 amide bonds. The highest BCUT2D eigenvalue weighted by molar-refractivity contribution is 6.48. The topological polar surface area (TPSA) is 58.2 Å². The minimum atomic E-state index is -5.83. The zero-order valence-corrected chi connectivity index (χ0v) is 21.7. The van der Waals surface area contributed by atoms with Crippen molar-refractivity contribution in [2.75, 3.05) is 6.54 Å². The third kappa shape index (κ3) is 9.09. The molecule has 0 aliphatic heterocycles. The maximum atomic E-state index is 13.7. The fourth-order valence-corrected chi connectivity index (χ4v) is 3.90. The molecule has 17 heteroatoms. The maximum absolute atomic E-state index is 13.7. The van der Waals surface area contributed by atoms with Crippen molar-refractivity contribution in [2.45, 2.75) is 30.5 Å². The standard InChI is InChI=1S/C22H13Cl4F9N2O2/c23-13-5-9(2-4-12(20(27,28)29)10-6-14(24)17(26)15(25)7-10)1-3-11(13)18(39)36-8-16(38)37-19(21(30,31)32)22(33,34)35/h1-7,12,19H,8H2,(H,36,39)(H,37,38)/b4-2+. The van der Waals surface area contributed by atoms with Gasteiger partial charge in [0.1, 0.15) is 0 Å². The summed E-state index contributed by atoms with van der Waals surface area (Å²) in [5.41, 5.74) is -0.613. The highest BCUT2D eigenvalue weighted by Gasteiger charge is 2.57. The third-order valence-corrected chi connectivity index (χ3v) is 6.32. The van der Waals surface area contributed by atoms with Gasteiger partial charge in [0.15, 0.2) is 0 Å². The second kappa shape index (κ2) is 12.4. The van der Waals surface area contributed by atoms with Crippen LogP contribution in [-0.4, -0.2) is 42.9 Å². The summed E-state index contributed by atoms with van der Waals surface area (Å²) in [6.45, 7) is -1.26. The Balaban J connectivity index is 2.16. The van der Waals surface area contributed by atoms with Crippen LogP contribution in [0.1, 0.15) is 27.4 Å². The minimum absolute atomic E-state index is 0.0768. The van der Waals surface area contributed by atoms with Gasteiger partial charge in [-0.15, -0.1) is 0 Å². The lowest BCUT2D eigenvalue weighted by Crippen LogP contribution is -2.56. The van der Waals surface area contributed by atoms with Crippen molar-refractivity contribution in [2.24, 2.45) is 0 Å². The number of benzene rings is 2. The number of allylic oxidation sites excluding steroid dienone is 1. The first-order valence-electron chi connectivity index (χ1n) is 10.1. The largest absolute Gasteiger partial charge is 0.417 e. The first-order valence-corrected chi connectivity index (χ1v) is 11.6. The van der Waals surface area contributed by atoms with Crippen molar-refractivity contribution in [3.8, 4) is 0 Å². The molecular formula is C22H13Cl4F9N2O2. The van der Waals surface area contributed by atoms with Crippen LogP contribution < -0.4 is 10.6 Å². The summed E-state index contributed by atoms with van der Waals surface area (Å²) >= 11 is 23.4. The molecule has 0 heterocycles. The second-order valence-corrected chi connectivity index (χ2v) is 9.28. The smallest absolute Gasteiger partial charge is 0.343 e. The Labute approximate surface area is 234 Å². The molecule has 214 valence electrons. The van der Waals surface area contributed by atoms with E-state index in [9.17, 15) is 49.1 Å². The van der Waals surface area contributed by atoms with E-state index in [4.69, 9.17) is 46.4 Å². The number of rotatable bonds is 7. The van der Waals surface area contributed by atoms with Gasteiger partial charge in [-0.25, -0.2) is 0 Å². The fourth-order valence-electron chi connectivity index (χ4n) is 3.01. The number of hydrogen-bond acceptors (Lipinski definition) is 2. The summed E-state index contributed by atoms with van der Waals surface area (Å²) in [6, 6.07) is 1.05. The molecule has 0 aliphatic rings. The van der Waals surface area contributed by atoms with Crippen LogP contribution in [0, 0.1) is 0 Å². The normalized spacial score (nSPS) is 13.6. The molecule has 0 aromatic heterocycles. The van der Waals surface area contributed by atoms with Gasteiger partial charge >= 0.3 is 18.5 Å². The van der Waals surface area contributed by atoms with E-state index in [0.29, 0.717) is 0 Å². The summed E-state index contributed by atoms with van der Waals surface area (Å²) in [5, 5.41) is 1.63. The monoisotopic (exact) mass is 648 g/mol. The van der Waals surface area contributed by atoms with Gasteiger partial charge in [-0.05, 0) is 35.4 Å². The first-order chi connectivity index (χ1) is 17.7. The summed E-state index contributed by atoms with van der Waals surface area (Å²) < 4.78 is 116. The minimum Gasteiger partial charge on any atom is -0.343 e. The summed E-state index contributed by atoms with van der Waals surface area (Å²) in [4.78, 5) is 23.8. The molecule has 2 aromatic carbocycles. The third-order valence-electron chi connectivity index (χ3n) is 4.81. The van der Waals surface area contributed by atoms with Gasteiger partial charge in [0.2, 0.25) is 11.9 Å². The van der Waals surface area contributed by atoms with Crippen molar-refractivity contribution < 1.29 is 49.1 Å². The van der Waals surface area contributed by atoms with Crippen LogP contribution in [0.15, 0.2) is 36.4 Å². The Morgan fingerprint density at radius 3 is 1.79 bits per heavy atom. The molecule has 2 N–H and O–H groups in total. The Hall–Kier alpha value is -2.35. The van der Waals surface area contributed by atoms with E-state index in [1.807, 2.05) is 0 Å². The molecule has 39 heavy (non-hydrogen) atoms. The van der Waals surface area contributed by atoms with Crippen molar-refractivity contribution in [3.05, 3.63) is 73.2 Å². The number of carbonyl (C=O) groups excluding carboxylic acids is 2. The summed E-state index contributed by atoms with van der Waals surface area (Å²) in [6.07, 6.45) is -14.7. The lowest BCUT2D eigenvalue weighted by Gasteiger charge is -2.23. The Kier molecular flexibility index (Phi) is 10.5. The van der Waals surface area contributed by atoms with E-state index < -0.39 is 48.8 Å². The van der Waals surface area contributed by atoms with Crippen LogP contribution in [0.2, 0.25) is 20.1 Å². The van der Waals surface area contributed by atoms with Gasteiger partial charge in [0.25, 0.3) is 5.91 Å². The van der Waals surface area contributed by atoms with Gasteiger partial charge in [0.05, 0.1) is 38.1 Å². The number of amides is 2. The number of hydrogen-bond donors (Lipinski definition) is 2. The lowest BCUT2D eigenvalue weighted by molar-refractivity contribution is -0.257. The van der Waals surface area contributed by atoms with Crippen LogP contribution in [0.4, 0.5) is 39.5 Å². The van der Waals surface area contributed by atoms with Crippen molar-refractivity contribution >= 4 is 64.3 Å². The van der Waals surface area contributed by atoms with Gasteiger partial charge < -0.3 is 10.6 Å². The first kappa shape index (κ1) is 32.9. The van der Waals surface area contributed by atoms with Gasteiger partial charge in [-0.2, -0.15) is 39.5 Å². The molecular weight excluding hydrogens is 637 g/mol. The predicted octanol–water partition coefficient (Wildman–Crippen LogP) is 8.00. The molecule has 0 bridgehead atoms. The van der Waals surface area contributed by atoms with Crippen molar-refractivity contribution in [3.63, 3.8) is 0 Å². The number of nitrogens with one attached hydrogen (secondary N) is 2. The molecule has 1 atom stereocenters. The molecule has 4 nitrogen and oxygen atoms in total. The molecule has 0 spiro atoms. The zero-order valence-electron chi connectivity index (χ0n) is 18.6. The molecule has 1 unspecified atom stereocenters. The Morgan fingerprint density at radius 2 is 1.33 bits per heavy atom. The maximum Gasteiger partial charge on any atom is 0.417 e. The van der Waals surface area contributed by atoms with E-state index >= 15 is 0 Å². The average molecular weight is 650 g/mol. The molecule has 2 rings (SSSR count). The molecule has 0 aliphatic carbocycles. The number of halogens is 13. The molecule has 2 aromatic rings. The summed E-state index contributed by atoms with van der Waals surface area (Å²) in [5.74, 6) is -5.12. The van der Waals surface area contributed by atoms with Crippen LogP contribution in [0.3, 0.4) is 0 Å². The molecule has 0 saturated carbocycles. The van der Waals surface area contributed by atoms with E-state index in [2.05, 4.69) is 0 Å². The quantitative estimate of drug-likeness (QED) is 0.236. The molecule has 0 saturated heterocycles. The molecule has 0 fully saturated rings. The van der Waals surface area contributed by atoms with Gasteiger partial charge in [-0.3, -0.25) is 9.59 Å². The van der Waals surface area contributed by atoms with Crippen LogP contribution >= 0.6 is 46.4 Å². The average Bonchev–Trinajstić information content (AvgIpc) is 2.77. The van der Waals surface area contributed by atoms with Crippen molar-refractivity contribution in [1.82, 2.24) is 10.6 Å². The van der Waals surface area contributed by atoms with Crippen LogP contribution in [0.25, 0.3) is 6.08 Å². The molecule has 0 radical (unpaired) electrons. The Morgan fingerprint density at radius 1 is 0.795 bits per heavy atom. The summed E-state index contributed by atoms with van der Waals surface area (Å²) in [7, 11) is 0. The van der Waals surface area contributed by atoms with Gasteiger partial charge in [0, 0.05) is 0 Å². The van der Waals surface area contributed by atoms with E-state index in [1.54, 1.807) is 5.32 Å². The fraction of sp³-hybridized carbons (Fsp3) is 0.273. The second-order valence-electron chi connectivity index (χ2n) is 7.68. The number of carbonyl (C=O) groups is 2. The van der Waals surface area contributed by atoms with Gasteiger partial charge in [-0.1, -0.05) is 64.6 Å². The predicted molar refractivity (Wildman–Crippen MR) is 127 cm³/mol. The highest BCUT2D eigenvalue weighted by atomic mass is 35.5. The lowest BCUT2D eigenvalue weighted by atomic mass is 9.97. The van der Waals surface area contributed by atoms with Crippen molar-refractivity contribution in [1.29, 1.82) is 0 Å². The SMILES string of the molecule is O=C(CNC(=O)c1ccc(/C=C/C(c2cc(Cl)c(Cl)c(Cl)c2)C(F)(F)F)cc1Cl)NC(C(F)(F)F)C(F)(F)F. The van der Waals surface area contributed by atoms with Crippen LogP contribution in [0.5, 0.6) is 0 Å². The number of alkyl halides is 9. The van der Waals surface area contributed by atoms with E-state index in [1.165, 1.54) is 0 Å². The Bertz CT molecular complexity index is 1220. The van der Waals surface area contributed by atoms with E-state index in [0.717, 1.165) is 47.8 Å². The zero-order chi connectivity index (χ0) is 29.9. The van der Waals surface area contributed by atoms with E-state index in [-0.39, 0.29) is 36.8 Å². The van der Waals surface area contributed by atoms with Crippen LogP contribution in [-0.2, 0) is 4.79 Å².